The molecule has 0 bridgehead atoms. The predicted molar refractivity (Wildman–Crippen MR) is 73.7 cm³/mol. The standard InChI is InChI=1S/C12H12ClN3O.ClH/c13-11-12(17-8-5-6-14-7-8)16-10-4-2-1-3-9(10)15-11;/h1-4,8,14H,5-7H2;1H/t8-;/m1./s1. The van der Waals surface area contributed by atoms with Gasteiger partial charge in [0.25, 0.3) is 5.88 Å². The molecule has 1 aromatic carbocycles. The highest BCUT2D eigenvalue weighted by Crippen LogP contribution is 2.24. The summed E-state index contributed by atoms with van der Waals surface area (Å²) in [6.07, 6.45) is 1.12. The summed E-state index contributed by atoms with van der Waals surface area (Å²) in [4.78, 5) is 8.67. The molecule has 0 radical (unpaired) electrons. The molecule has 1 N–H and O–H groups in total. The smallest absolute Gasteiger partial charge is 0.253 e. The molecule has 0 saturated carbocycles. The van der Waals surface area contributed by atoms with E-state index in [4.69, 9.17) is 16.3 Å². The number of rotatable bonds is 2. The Kier molecular flexibility index (Phi) is 4.22. The summed E-state index contributed by atoms with van der Waals surface area (Å²) < 4.78 is 5.75. The van der Waals surface area contributed by atoms with Crippen LogP contribution in [0.15, 0.2) is 24.3 Å². The highest BCUT2D eigenvalue weighted by Gasteiger charge is 2.18. The quantitative estimate of drug-likeness (QED) is 0.921. The number of para-hydroxylation sites is 2. The molecule has 96 valence electrons. The molecule has 0 spiro atoms. The number of nitrogens with zero attached hydrogens (tertiary/aromatic N) is 2. The fourth-order valence-electron chi connectivity index (χ4n) is 1.92. The van der Waals surface area contributed by atoms with Crippen LogP contribution in [-0.2, 0) is 0 Å². The van der Waals surface area contributed by atoms with Crippen LogP contribution in [-0.4, -0.2) is 29.2 Å². The van der Waals surface area contributed by atoms with E-state index in [0.29, 0.717) is 11.0 Å². The van der Waals surface area contributed by atoms with Crippen LogP contribution in [0.25, 0.3) is 11.0 Å². The molecule has 6 heteroatoms. The molecule has 4 nitrogen and oxygen atoms in total. The van der Waals surface area contributed by atoms with Crippen molar-refractivity contribution in [1.29, 1.82) is 0 Å². The largest absolute Gasteiger partial charge is 0.471 e. The van der Waals surface area contributed by atoms with Crippen molar-refractivity contribution in [3.05, 3.63) is 29.4 Å². The van der Waals surface area contributed by atoms with E-state index in [2.05, 4.69) is 15.3 Å². The number of nitrogens with one attached hydrogen (secondary N) is 1. The van der Waals surface area contributed by atoms with Gasteiger partial charge in [0.15, 0.2) is 5.15 Å². The van der Waals surface area contributed by atoms with Crippen LogP contribution < -0.4 is 10.1 Å². The Labute approximate surface area is 116 Å². The van der Waals surface area contributed by atoms with Gasteiger partial charge in [-0.2, -0.15) is 0 Å². The minimum Gasteiger partial charge on any atom is -0.471 e. The highest BCUT2D eigenvalue weighted by atomic mass is 35.5. The highest BCUT2D eigenvalue weighted by molar-refractivity contribution is 6.31. The van der Waals surface area contributed by atoms with Crippen LogP contribution >= 0.6 is 24.0 Å². The zero-order valence-corrected chi connectivity index (χ0v) is 11.2. The van der Waals surface area contributed by atoms with E-state index in [1.165, 1.54) is 0 Å². The van der Waals surface area contributed by atoms with Crippen molar-refractivity contribution in [3.8, 4) is 5.88 Å². The van der Waals surface area contributed by atoms with Crippen LogP contribution in [0, 0.1) is 0 Å². The summed E-state index contributed by atoms with van der Waals surface area (Å²) in [5.41, 5.74) is 1.59. The normalized spacial score (nSPS) is 18.6. The second kappa shape index (κ2) is 5.69. The number of aromatic nitrogens is 2. The first-order chi connectivity index (χ1) is 8.33. The van der Waals surface area contributed by atoms with Crippen molar-refractivity contribution in [1.82, 2.24) is 15.3 Å². The molecule has 1 fully saturated rings. The van der Waals surface area contributed by atoms with Crippen molar-refractivity contribution in [2.75, 3.05) is 13.1 Å². The molecule has 18 heavy (non-hydrogen) atoms. The van der Waals surface area contributed by atoms with Gasteiger partial charge in [0, 0.05) is 6.54 Å². The van der Waals surface area contributed by atoms with Gasteiger partial charge in [-0.15, -0.1) is 12.4 Å². The summed E-state index contributed by atoms with van der Waals surface area (Å²) in [7, 11) is 0. The topological polar surface area (TPSA) is 47.0 Å². The van der Waals surface area contributed by atoms with Gasteiger partial charge in [0.05, 0.1) is 11.0 Å². The summed E-state index contributed by atoms with van der Waals surface area (Å²) in [6.45, 7) is 1.81. The van der Waals surface area contributed by atoms with Crippen LogP contribution in [0.3, 0.4) is 0 Å². The van der Waals surface area contributed by atoms with E-state index in [1.807, 2.05) is 24.3 Å². The van der Waals surface area contributed by atoms with E-state index in [0.717, 1.165) is 30.5 Å². The first-order valence-electron chi connectivity index (χ1n) is 5.62. The Hall–Kier alpha value is -1.10. The Bertz CT molecular complexity index is 544. The SMILES string of the molecule is Cl.Clc1nc2ccccc2nc1O[C@@H]1CCNC1. The molecule has 0 amide bonds. The molecule has 2 aromatic rings. The van der Waals surface area contributed by atoms with Gasteiger partial charge in [0.2, 0.25) is 0 Å². The first kappa shape index (κ1) is 13.3. The van der Waals surface area contributed by atoms with Crippen molar-refractivity contribution in [2.24, 2.45) is 0 Å². The van der Waals surface area contributed by atoms with Crippen LogP contribution in [0.5, 0.6) is 5.88 Å². The molecule has 1 aromatic heterocycles. The van der Waals surface area contributed by atoms with Crippen LogP contribution in [0.1, 0.15) is 6.42 Å². The van der Waals surface area contributed by atoms with Crippen molar-refractivity contribution in [2.45, 2.75) is 12.5 Å². The number of hydrogen-bond acceptors (Lipinski definition) is 4. The molecular formula is C12H13Cl2N3O. The van der Waals surface area contributed by atoms with Gasteiger partial charge in [-0.25, -0.2) is 9.97 Å². The van der Waals surface area contributed by atoms with E-state index in [1.54, 1.807) is 0 Å². The number of fused-ring (bicyclic) bond motifs is 1. The number of benzene rings is 1. The van der Waals surface area contributed by atoms with Gasteiger partial charge in [-0.3, -0.25) is 0 Å². The monoisotopic (exact) mass is 285 g/mol. The molecule has 0 aliphatic carbocycles. The average Bonchev–Trinajstić information content (AvgIpc) is 2.83. The van der Waals surface area contributed by atoms with Gasteiger partial charge < -0.3 is 10.1 Å². The summed E-state index contributed by atoms with van der Waals surface area (Å²) in [6, 6.07) is 7.62. The van der Waals surface area contributed by atoms with Gasteiger partial charge >= 0.3 is 0 Å². The second-order valence-electron chi connectivity index (χ2n) is 4.04. The maximum absolute atomic E-state index is 6.06. The van der Waals surface area contributed by atoms with Crippen LogP contribution in [0.4, 0.5) is 0 Å². The third-order valence-corrected chi connectivity index (χ3v) is 3.04. The lowest BCUT2D eigenvalue weighted by atomic mass is 10.3. The van der Waals surface area contributed by atoms with Crippen molar-refractivity contribution < 1.29 is 4.74 Å². The third kappa shape index (κ3) is 2.66. The van der Waals surface area contributed by atoms with E-state index < -0.39 is 0 Å². The summed E-state index contributed by atoms with van der Waals surface area (Å²) in [5.74, 6) is 0.430. The van der Waals surface area contributed by atoms with Gasteiger partial charge in [-0.05, 0) is 25.1 Å². The summed E-state index contributed by atoms with van der Waals surface area (Å²) in [5, 5.41) is 3.56. The second-order valence-corrected chi connectivity index (χ2v) is 4.40. The first-order valence-corrected chi connectivity index (χ1v) is 6.00. The minimum atomic E-state index is 0. The van der Waals surface area contributed by atoms with Crippen molar-refractivity contribution >= 4 is 35.0 Å². The number of hydrogen-bond donors (Lipinski definition) is 1. The maximum atomic E-state index is 6.06. The molecule has 1 aliphatic rings. The van der Waals surface area contributed by atoms with E-state index >= 15 is 0 Å². The maximum Gasteiger partial charge on any atom is 0.253 e. The number of ether oxygens (including phenoxy) is 1. The number of halogens is 2. The predicted octanol–water partition coefficient (Wildman–Crippen LogP) is 2.45. The molecule has 0 unspecified atom stereocenters. The molecule has 3 rings (SSSR count). The van der Waals surface area contributed by atoms with Crippen molar-refractivity contribution in [3.63, 3.8) is 0 Å². The van der Waals surface area contributed by atoms with E-state index in [-0.39, 0.29) is 18.5 Å². The zero-order chi connectivity index (χ0) is 11.7. The lowest BCUT2D eigenvalue weighted by Gasteiger charge is -2.12. The molecular weight excluding hydrogens is 273 g/mol. The molecule has 2 heterocycles. The average molecular weight is 286 g/mol. The Balaban J connectivity index is 0.00000120. The Morgan fingerprint density at radius 2 is 1.94 bits per heavy atom. The molecule has 1 aliphatic heterocycles. The molecule has 1 atom stereocenters. The zero-order valence-electron chi connectivity index (χ0n) is 9.60. The minimum absolute atomic E-state index is 0. The lowest BCUT2D eigenvalue weighted by molar-refractivity contribution is 0.214. The van der Waals surface area contributed by atoms with Crippen LogP contribution in [0.2, 0.25) is 5.15 Å². The lowest BCUT2D eigenvalue weighted by Crippen LogP contribution is -2.20. The fraction of sp³-hybridized carbons (Fsp3) is 0.333. The summed E-state index contributed by atoms with van der Waals surface area (Å²) >= 11 is 6.06. The van der Waals surface area contributed by atoms with Gasteiger partial charge in [0.1, 0.15) is 6.10 Å². The fourth-order valence-corrected chi connectivity index (χ4v) is 2.10. The van der Waals surface area contributed by atoms with E-state index in [9.17, 15) is 0 Å². The Morgan fingerprint density at radius 3 is 2.61 bits per heavy atom. The Morgan fingerprint density at radius 1 is 1.22 bits per heavy atom. The van der Waals surface area contributed by atoms with Gasteiger partial charge in [-0.1, -0.05) is 23.7 Å². The third-order valence-electron chi connectivity index (χ3n) is 2.79. The molecule has 1 saturated heterocycles.